The van der Waals surface area contributed by atoms with Crippen LogP contribution < -0.4 is 11.1 Å². The minimum atomic E-state index is -0.537. The summed E-state index contributed by atoms with van der Waals surface area (Å²) in [6.07, 6.45) is 6.07. The van der Waals surface area contributed by atoms with Crippen LogP contribution in [0.1, 0.15) is 19.4 Å². The third kappa shape index (κ3) is 2.57. The minimum Gasteiger partial charge on any atom is -0.369 e. The number of aromatic amines is 2. The second kappa shape index (κ2) is 5.13. The van der Waals surface area contributed by atoms with Crippen molar-refractivity contribution in [3.63, 3.8) is 0 Å². The molecule has 2 aromatic rings. The predicted octanol–water partition coefficient (Wildman–Crippen LogP) is 1.75. The van der Waals surface area contributed by atoms with Crippen molar-refractivity contribution in [2.45, 2.75) is 44.4 Å². The average Bonchev–Trinajstić information content (AvgIpc) is 3.09. The van der Waals surface area contributed by atoms with Crippen molar-refractivity contribution in [1.82, 2.24) is 20.3 Å². The average molecular weight is 333 g/mol. The first-order valence-corrected chi connectivity index (χ1v) is 7.97. The number of fused-ring (bicyclic) bond motifs is 2. The molecule has 2 unspecified atom stereocenters. The van der Waals surface area contributed by atoms with Crippen LogP contribution in [0.15, 0.2) is 18.3 Å². The second-order valence-corrected chi connectivity index (χ2v) is 6.73. The molecule has 3 atom stereocenters. The standard InChI is InChI=1S/C15H19N5O2S/c1-15(2)21-9-4-3-8(11(9)22-15)17-5-7-6-18-12-10(7)13(23)20-14(16)19-12/h3-4,6,8-9,11,17H,5H2,1-2H3,(H4,16,18,19,20,23)/t8?,9-,11?/m0/s1. The van der Waals surface area contributed by atoms with Crippen LogP contribution in [0.3, 0.4) is 0 Å². The highest BCUT2D eigenvalue weighted by atomic mass is 32.1. The van der Waals surface area contributed by atoms with Gasteiger partial charge in [0.15, 0.2) is 11.7 Å². The second-order valence-electron chi connectivity index (χ2n) is 6.35. The predicted molar refractivity (Wildman–Crippen MR) is 89.3 cm³/mol. The number of nitrogens with zero attached hydrogens (tertiary/aromatic N) is 1. The number of H-pyrrole nitrogens is 2. The summed E-state index contributed by atoms with van der Waals surface area (Å²) >= 11 is 5.32. The molecule has 0 radical (unpaired) electrons. The summed E-state index contributed by atoms with van der Waals surface area (Å²) in [6.45, 7) is 4.52. The van der Waals surface area contributed by atoms with E-state index in [0.717, 1.165) is 16.6 Å². The molecule has 4 rings (SSSR count). The Morgan fingerprint density at radius 1 is 1.39 bits per heavy atom. The zero-order valence-corrected chi connectivity index (χ0v) is 13.7. The van der Waals surface area contributed by atoms with Gasteiger partial charge in [0.2, 0.25) is 0 Å². The Hall–Kier alpha value is -1.74. The maximum Gasteiger partial charge on any atom is 0.200 e. The summed E-state index contributed by atoms with van der Waals surface area (Å²) in [5, 5.41) is 4.39. The highest BCUT2D eigenvalue weighted by Gasteiger charge is 2.46. The number of rotatable bonds is 3. The molecule has 0 spiro atoms. The number of nitrogens with one attached hydrogen (secondary N) is 3. The molecule has 1 aliphatic carbocycles. The minimum absolute atomic E-state index is 0.00138. The maximum atomic E-state index is 5.97. The Balaban J connectivity index is 1.52. The largest absolute Gasteiger partial charge is 0.369 e. The highest BCUT2D eigenvalue weighted by molar-refractivity contribution is 7.71. The quantitative estimate of drug-likeness (QED) is 0.504. The summed E-state index contributed by atoms with van der Waals surface area (Å²) in [7, 11) is 0. The molecule has 5 N–H and O–H groups in total. The third-order valence-electron chi connectivity index (χ3n) is 4.20. The number of nitrogens with two attached hydrogens (primary N) is 1. The van der Waals surface area contributed by atoms with Gasteiger partial charge in [-0.2, -0.15) is 0 Å². The van der Waals surface area contributed by atoms with Crippen LogP contribution in [0, 0.1) is 4.64 Å². The van der Waals surface area contributed by atoms with Crippen molar-refractivity contribution < 1.29 is 9.47 Å². The van der Waals surface area contributed by atoms with Crippen molar-refractivity contribution in [1.29, 1.82) is 0 Å². The van der Waals surface area contributed by atoms with E-state index < -0.39 is 5.79 Å². The SMILES string of the molecule is CC1(C)OC2C(NCc3c[nH]c4[nH]c(N)nc(=S)c34)C=C[C@@H]2O1. The molecule has 0 bridgehead atoms. The molecule has 0 saturated carbocycles. The lowest BCUT2D eigenvalue weighted by molar-refractivity contribution is -0.145. The van der Waals surface area contributed by atoms with Gasteiger partial charge < -0.3 is 30.5 Å². The number of hydrogen-bond donors (Lipinski definition) is 4. The Morgan fingerprint density at radius 3 is 3.04 bits per heavy atom. The van der Waals surface area contributed by atoms with Crippen LogP contribution in [0.4, 0.5) is 5.95 Å². The number of hydrogen-bond acceptors (Lipinski definition) is 6. The summed E-state index contributed by atoms with van der Waals surface area (Å²) < 4.78 is 12.3. The summed E-state index contributed by atoms with van der Waals surface area (Å²) in [5.74, 6) is -0.227. The lowest BCUT2D eigenvalue weighted by atomic mass is 10.1. The van der Waals surface area contributed by atoms with Crippen LogP contribution in [-0.4, -0.2) is 39.0 Å². The Kier molecular flexibility index (Phi) is 3.31. The van der Waals surface area contributed by atoms with Crippen molar-refractivity contribution in [2.24, 2.45) is 0 Å². The lowest BCUT2D eigenvalue weighted by Gasteiger charge is -2.21. The van der Waals surface area contributed by atoms with Crippen molar-refractivity contribution in [3.05, 3.63) is 28.6 Å². The van der Waals surface area contributed by atoms with Gasteiger partial charge in [-0.15, -0.1) is 0 Å². The number of ether oxygens (including phenoxy) is 2. The van der Waals surface area contributed by atoms with Crippen LogP contribution >= 0.6 is 12.2 Å². The lowest BCUT2D eigenvalue weighted by Crippen LogP contribution is -2.39. The molecule has 8 heteroatoms. The normalized spacial score (nSPS) is 28.5. The molecule has 23 heavy (non-hydrogen) atoms. The van der Waals surface area contributed by atoms with E-state index in [0.29, 0.717) is 17.1 Å². The van der Waals surface area contributed by atoms with Gasteiger partial charge in [0.25, 0.3) is 0 Å². The zero-order valence-electron chi connectivity index (χ0n) is 12.9. The first kappa shape index (κ1) is 14.8. The fourth-order valence-electron chi connectivity index (χ4n) is 3.26. The molecule has 0 aromatic carbocycles. The van der Waals surface area contributed by atoms with Gasteiger partial charge in [0.1, 0.15) is 22.5 Å². The fourth-order valence-corrected chi connectivity index (χ4v) is 3.59. The van der Waals surface area contributed by atoms with Gasteiger partial charge in [-0.25, -0.2) is 4.98 Å². The van der Waals surface area contributed by atoms with E-state index >= 15 is 0 Å². The Labute approximate surface area is 138 Å². The molecule has 1 fully saturated rings. The fraction of sp³-hybridized carbons (Fsp3) is 0.467. The molecule has 1 saturated heterocycles. The van der Waals surface area contributed by atoms with Crippen LogP contribution in [0.5, 0.6) is 0 Å². The summed E-state index contributed by atoms with van der Waals surface area (Å²) in [5.41, 5.74) is 7.52. The third-order valence-corrected chi connectivity index (χ3v) is 4.50. The summed E-state index contributed by atoms with van der Waals surface area (Å²) in [4.78, 5) is 10.3. The number of anilines is 1. The molecule has 7 nitrogen and oxygen atoms in total. The van der Waals surface area contributed by atoms with E-state index in [9.17, 15) is 0 Å². The monoisotopic (exact) mass is 333 g/mol. The Morgan fingerprint density at radius 2 is 2.22 bits per heavy atom. The smallest absolute Gasteiger partial charge is 0.200 e. The van der Waals surface area contributed by atoms with E-state index in [1.165, 1.54) is 0 Å². The molecule has 122 valence electrons. The van der Waals surface area contributed by atoms with Gasteiger partial charge in [-0.3, -0.25) is 0 Å². The van der Waals surface area contributed by atoms with Crippen molar-refractivity contribution in [2.75, 3.05) is 5.73 Å². The number of aromatic nitrogens is 3. The van der Waals surface area contributed by atoms with E-state index in [-0.39, 0.29) is 18.2 Å². The first-order valence-electron chi connectivity index (χ1n) is 7.56. The molecule has 0 amide bonds. The topological polar surface area (TPSA) is 101 Å². The van der Waals surface area contributed by atoms with E-state index in [1.807, 2.05) is 20.0 Å². The maximum absolute atomic E-state index is 5.97. The number of nitrogen functional groups attached to an aromatic ring is 1. The van der Waals surface area contributed by atoms with Crippen LogP contribution in [0.2, 0.25) is 0 Å². The Bertz CT molecular complexity index is 840. The van der Waals surface area contributed by atoms with Gasteiger partial charge in [0.05, 0.1) is 11.4 Å². The van der Waals surface area contributed by atoms with Crippen molar-refractivity contribution in [3.8, 4) is 0 Å². The highest BCUT2D eigenvalue weighted by Crippen LogP contribution is 2.34. The molecule has 2 aliphatic rings. The molecular weight excluding hydrogens is 314 g/mol. The zero-order chi connectivity index (χ0) is 16.2. The molecule has 1 aliphatic heterocycles. The van der Waals surface area contributed by atoms with Crippen LogP contribution in [0.25, 0.3) is 11.0 Å². The van der Waals surface area contributed by atoms with E-state index in [2.05, 4.69) is 32.4 Å². The van der Waals surface area contributed by atoms with Gasteiger partial charge in [-0.1, -0.05) is 24.4 Å². The summed E-state index contributed by atoms with van der Waals surface area (Å²) in [6, 6.07) is 0.103. The van der Waals surface area contributed by atoms with Crippen molar-refractivity contribution >= 4 is 29.2 Å². The van der Waals surface area contributed by atoms with E-state index in [1.54, 1.807) is 0 Å². The van der Waals surface area contributed by atoms with Gasteiger partial charge in [0, 0.05) is 12.7 Å². The first-order chi connectivity index (χ1) is 10.9. The van der Waals surface area contributed by atoms with Crippen LogP contribution in [-0.2, 0) is 16.0 Å². The molecule has 3 heterocycles. The molecule has 2 aromatic heterocycles. The molecular formula is C15H19N5O2S. The van der Waals surface area contributed by atoms with E-state index in [4.69, 9.17) is 27.4 Å². The van der Waals surface area contributed by atoms with Gasteiger partial charge in [-0.05, 0) is 19.4 Å². The van der Waals surface area contributed by atoms with Gasteiger partial charge >= 0.3 is 0 Å².